The normalized spacial score (nSPS) is 23.2. The molecule has 1 N–H and O–H groups in total. The number of carbonyl (C=O) groups is 1. The molecule has 1 saturated heterocycles. The summed E-state index contributed by atoms with van der Waals surface area (Å²) < 4.78 is 31.3. The van der Waals surface area contributed by atoms with Gasteiger partial charge in [-0.25, -0.2) is 13.4 Å². The predicted molar refractivity (Wildman–Crippen MR) is 152 cm³/mol. The van der Waals surface area contributed by atoms with E-state index in [1.807, 2.05) is 24.3 Å². The summed E-state index contributed by atoms with van der Waals surface area (Å²) in [6, 6.07) is 13.9. The molecule has 4 rings (SSSR count). The highest BCUT2D eigenvalue weighted by Crippen LogP contribution is 2.39. The molecular formula is C29H42N4O4S. The van der Waals surface area contributed by atoms with Crippen molar-refractivity contribution in [3.63, 3.8) is 0 Å². The molecule has 1 saturated carbocycles. The van der Waals surface area contributed by atoms with Crippen LogP contribution in [0.2, 0.25) is 0 Å². The Morgan fingerprint density at radius 3 is 2.55 bits per heavy atom. The van der Waals surface area contributed by atoms with Crippen LogP contribution >= 0.6 is 0 Å². The minimum Gasteiger partial charge on any atom is -0.383 e. The molecule has 1 aliphatic heterocycles. The Balaban J connectivity index is 1.56. The zero-order chi connectivity index (χ0) is 27.3. The lowest BCUT2D eigenvalue weighted by Gasteiger charge is -2.32. The van der Waals surface area contributed by atoms with E-state index in [2.05, 4.69) is 29.3 Å². The van der Waals surface area contributed by atoms with Crippen LogP contribution in [0, 0.1) is 11.8 Å². The summed E-state index contributed by atoms with van der Waals surface area (Å²) in [5.41, 5.74) is 2.11. The number of aryl methyl sites for hydroxylation is 1. The third-order valence-electron chi connectivity index (χ3n) is 7.99. The van der Waals surface area contributed by atoms with E-state index in [0.717, 1.165) is 37.3 Å². The minimum atomic E-state index is -3.49. The molecule has 38 heavy (non-hydrogen) atoms. The molecule has 0 bridgehead atoms. The van der Waals surface area contributed by atoms with Gasteiger partial charge in [-0.15, -0.1) is 0 Å². The largest absolute Gasteiger partial charge is 0.383 e. The highest BCUT2D eigenvalue weighted by molar-refractivity contribution is 7.92. The Labute approximate surface area is 227 Å². The molecule has 1 aromatic carbocycles. The van der Waals surface area contributed by atoms with Crippen molar-refractivity contribution in [2.24, 2.45) is 11.8 Å². The van der Waals surface area contributed by atoms with Gasteiger partial charge in [0.2, 0.25) is 10.0 Å². The lowest BCUT2D eigenvalue weighted by atomic mass is 9.81. The molecule has 2 fully saturated rings. The Morgan fingerprint density at radius 2 is 1.89 bits per heavy atom. The van der Waals surface area contributed by atoms with E-state index in [1.54, 1.807) is 13.2 Å². The standard InChI is InChI=1S/C29H42N4O4S/c1-21-17-24(21)20-33(15-16-37-3)28-19-22(18-27(31-28)32(2)38(4,35)36)12-13-26(34)29-25(11-8-14-30-29)23-9-6-5-7-10-23/h5-7,9-10,18-19,21,24-25,29-30H,8,11-17,20H2,1-4H3/t21-,24+,25-,29+/m0/s1. The van der Waals surface area contributed by atoms with Gasteiger partial charge in [0, 0.05) is 39.6 Å². The average Bonchev–Trinajstić information content (AvgIpc) is 3.63. The zero-order valence-corrected chi connectivity index (χ0v) is 23.9. The maximum Gasteiger partial charge on any atom is 0.233 e. The second-order valence-corrected chi connectivity index (χ2v) is 12.9. The number of benzene rings is 1. The van der Waals surface area contributed by atoms with E-state index in [1.165, 1.54) is 29.6 Å². The molecule has 0 amide bonds. The maximum absolute atomic E-state index is 13.5. The number of hydrogen-bond acceptors (Lipinski definition) is 7. The van der Waals surface area contributed by atoms with Gasteiger partial charge in [0.25, 0.3) is 0 Å². The second kappa shape index (κ2) is 12.6. The molecule has 0 radical (unpaired) electrons. The summed E-state index contributed by atoms with van der Waals surface area (Å²) in [7, 11) is -0.285. The zero-order valence-electron chi connectivity index (χ0n) is 23.1. The van der Waals surface area contributed by atoms with Crippen LogP contribution in [0.25, 0.3) is 0 Å². The van der Waals surface area contributed by atoms with Crippen molar-refractivity contribution in [1.82, 2.24) is 10.3 Å². The first-order valence-corrected chi connectivity index (χ1v) is 15.5. The SMILES string of the molecule is COCCN(C[C@H]1C[C@@H]1C)c1cc(CCC(=O)[C@@H]2NCCC[C@H]2c2ccccc2)cc(N(C)S(C)(=O)=O)n1. The number of pyridine rings is 1. The van der Waals surface area contributed by atoms with E-state index >= 15 is 0 Å². The fraction of sp³-hybridized carbons (Fsp3) is 0.586. The van der Waals surface area contributed by atoms with Crippen LogP contribution in [-0.4, -0.2) is 71.9 Å². The summed E-state index contributed by atoms with van der Waals surface area (Å²) in [6.45, 7) is 5.17. The van der Waals surface area contributed by atoms with E-state index in [9.17, 15) is 13.2 Å². The third kappa shape index (κ3) is 7.33. The van der Waals surface area contributed by atoms with Crippen molar-refractivity contribution in [3.05, 3.63) is 53.6 Å². The number of piperidine rings is 1. The number of nitrogens with one attached hydrogen (secondary N) is 1. The first-order chi connectivity index (χ1) is 18.2. The Morgan fingerprint density at radius 1 is 1.18 bits per heavy atom. The van der Waals surface area contributed by atoms with Gasteiger partial charge in [-0.1, -0.05) is 37.3 Å². The number of anilines is 2. The van der Waals surface area contributed by atoms with Gasteiger partial charge >= 0.3 is 0 Å². The molecular weight excluding hydrogens is 500 g/mol. The number of Topliss-reactive ketones (excluding diaryl/α,β-unsaturated/α-hetero) is 1. The van der Waals surface area contributed by atoms with Gasteiger partial charge in [0.1, 0.15) is 11.6 Å². The highest BCUT2D eigenvalue weighted by Gasteiger charge is 2.35. The predicted octanol–water partition coefficient (Wildman–Crippen LogP) is 3.62. The maximum atomic E-state index is 13.5. The van der Waals surface area contributed by atoms with Gasteiger partial charge in [0.05, 0.1) is 18.9 Å². The number of sulfonamides is 1. The van der Waals surface area contributed by atoms with Crippen molar-refractivity contribution < 1.29 is 17.9 Å². The number of aromatic nitrogens is 1. The van der Waals surface area contributed by atoms with Crippen molar-refractivity contribution in [2.45, 2.75) is 51.0 Å². The van der Waals surface area contributed by atoms with Crippen LogP contribution in [0.4, 0.5) is 11.6 Å². The fourth-order valence-corrected chi connectivity index (χ4v) is 5.77. The van der Waals surface area contributed by atoms with Gasteiger partial charge in [0.15, 0.2) is 5.78 Å². The average molecular weight is 543 g/mol. The number of carbonyl (C=O) groups excluding carboxylic acids is 1. The quantitative estimate of drug-likeness (QED) is 0.413. The molecule has 208 valence electrons. The van der Waals surface area contributed by atoms with Gasteiger partial charge in [-0.2, -0.15) is 0 Å². The first-order valence-electron chi connectivity index (χ1n) is 13.7. The Bertz CT molecular complexity index is 1190. The van der Waals surface area contributed by atoms with Gasteiger partial charge in [-0.05, 0) is 67.3 Å². The van der Waals surface area contributed by atoms with Crippen molar-refractivity contribution in [1.29, 1.82) is 0 Å². The molecule has 2 heterocycles. The van der Waals surface area contributed by atoms with Gasteiger partial charge < -0.3 is 15.0 Å². The van der Waals surface area contributed by atoms with Crippen molar-refractivity contribution in [2.75, 3.05) is 55.9 Å². The smallest absolute Gasteiger partial charge is 0.233 e. The Hall–Kier alpha value is -2.49. The summed E-state index contributed by atoms with van der Waals surface area (Å²) >= 11 is 0. The van der Waals surface area contributed by atoms with Crippen LogP contribution in [0.5, 0.6) is 0 Å². The molecule has 2 aromatic rings. The van der Waals surface area contributed by atoms with Crippen molar-refractivity contribution in [3.8, 4) is 0 Å². The van der Waals surface area contributed by atoms with Crippen LogP contribution in [0.15, 0.2) is 42.5 Å². The number of ketones is 1. The van der Waals surface area contributed by atoms with Crippen LogP contribution in [0.3, 0.4) is 0 Å². The second-order valence-electron chi connectivity index (χ2n) is 10.9. The molecule has 4 atom stereocenters. The summed E-state index contributed by atoms with van der Waals surface area (Å²) in [4.78, 5) is 20.4. The molecule has 0 unspecified atom stereocenters. The van der Waals surface area contributed by atoms with E-state index in [4.69, 9.17) is 9.72 Å². The number of hydrogen-bond donors (Lipinski definition) is 1. The monoisotopic (exact) mass is 542 g/mol. The van der Waals surface area contributed by atoms with Crippen molar-refractivity contribution >= 4 is 27.4 Å². The number of ether oxygens (including phenoxy) is 1. The molecule has 0 spiro atoms. The molecule has 9 heteroatoms. The third-order valence-corrected chi connectivity index (χ3v) is 9.17. The van der Waals surface area contributed by atoms with Crippen LogP contribution in [-0.2, 0) is 26.0 Å². The molecule has 8 nitrogen and oxygen atoms in total. The molecule has 1 aromatic heterocycles. The summed E-state index contributed by atoms with van der Waals surface area (Å²) in [5.74, 6) is 2.74. The van der Waals surface area contributed by atoms with Crippen LogP contribution < -0.4 is 14.5 Å². The minimum absolute atomic E-state index is 0.169. The summed E-state index contributed by atoms with van der Waals surface area (Å²) in [6.07, 6.45) is 5.31. The van der Waals surface area contributed by atoms with Gasteiger partial charge in [-0.3, -0.25) is 9.10 Å². The molecule has 1 aliphatic carbocycles. The number of rotatable bonds is 13. The highest BCUT2D eigenvalue weighted by atomic mass is 32.2. The van der Waals surface area contributed by atoms with E-state index < -0.39 is 10.0 Å². The Kier molecular flexibility index (Phi) is 9.44. The topological polar surface area (TPSA) is 91.8 Å². The lowest BCUT2D eigenvalue weighted by Crippen LogP contribution is -2.45. The first kappa shape index (κ1) is 28.5. The number of nitrogens with zero attached hydrogens (tertiary/aromatic N) is 3. The number of methoxy groups -OCH3 is 1. The lowest BCUT2D eigenvalue weighted by molar-refractivity contribution is -0.122. The van der Waals surface area contributed by atoms with E-state index in [-0.39, 0.29) is 17.7 Å². The summed E-state index contributed by atoms with van der Waals surface area (Å²) in [5, 5.41) is 3.47. The van der Waals surface area contributed by atoms with E-state index in [0.29, 0.717) is 43.6 Å². The molecule has 2 aliphatic rings. The van der Waals surface area contributed by atoms with Crippen LogP contribution in [0.1, 0.15) is 49.7 Å². The fourth-order valence-electron chi connectivity index (χ4n) is 5.34.